The van der Waals surface area contributed by atoms with Crippen LogP contribution in [0.5, 0.6) is 5.75 Å². The lowest BCUT2D eigenvalue weighted by molar-refractivity contribution is 0.184. The molecule has 1 heterocycles. The van der Waals surface area contributed by atoms with E-state index in [1.54, 1.807) is 7.11 Å². The summed E-state index contributed by atoms with van der Waals surface area (Å²) in [4.78, 5) is 5.19. The third kappa shape index (κ3) is 2.93. The average Bonchev–Trinajstić information content (AvgIpc) is 2.94. The van der Waals surface area contributed by atoms with Gasteiger partial charge < -0.3 is 9.64 Å². The number of hydrogen-bond acceptors (Lipinski definition) is 3. The summed E-state index contributed by atoms with van der Waals surface area (Å²) in [6, 6.07) is 9.28. The summed E-state index contributed by atoms with van der Waals surface area (Å²) in [7, 11) is 1.73. The Morgan fingerprint density at radius 3 is 2.55 bits per heavy atom. The van der Waals surface area contributed by atoms with Crippen LogP contribution in [0.2, 0.25) is 0 Å². The number of rotatable bonds is 3. The van der Waals surface area contributed by atoms with Crippen molar-refractivity contribution in [1.82, 2.24) is 4.90 Å². The van der Waals surface area contributed by atoms with Crippen LogP contribution in [-0.4, -0.2) is 44.2 Å². The highest BCUT2D eigenvalue weighted by Crippen LogP contribution is 2.30. The van der Waals surface area contributed by atoms with Gasteiger partial charge in [-0.1, -0.05) is 13.0 Å². The molecule has 3 nitrogen and oxygen atoms in total. The maximum atomic E-state index is 5.32. The molecular weight excluding hydrogens is 248 g/mol. The molecule has 3 heteroatoms. The van der Waals surface area contributed by atoms with Crippen LogP contribution in [0.25, 0.3) is 0 Å². The zero-order valence-corrected chi connectivity index (χ0v) is 12.7. The first-order valence-corrected chi connectivity index (χ1v) is 7.89. The maximum absolute atomic E-state index is 5.32. The molecule has 1 saturated heterocycles. The van der Waals surface area contributed by atoms with E-state index in [1.165, 1.54) is 38.0 Å². The summed E-state index contributed by atoms with van der Waals surface area (Å²) in [6.45, 7) is 7.08. The average molecular weight is 274 g/mol. The second-order valence-corrected chi connectivity index (χ2v) is 6.30. The first-order chi connectivity index (χ1) is 9.76. The fraction of sp³-hybridized carbons (Fsp3) is 0.647. The fourth-order valence-corrected chi connectivity index (χ4v) is 3.66. The molecule has 2 unspecified atom stereocenters. The Labute approximate surface area is 122 Å². The summed E-state index contributed by atoms with van der Waals surface area (Å²) < 4.78 is 5.32. The van der Waals surface area contributed by atoms with E-state index >= 15 is 0 Å². The molecule has 0 aromatic heterocycles. The predicted octanol–water partition coefficient (Wildman–Crippen LogP) is 3.01. The molecule has 0 bridgehead atoms. The van der Waals surface area contributed by atoms with Crippen molar-refractivity contribution in [3.05, 3.63) is 24.3 Å². The van der Waals surface area contributed by atoms with E-state index in [0.29, 0.717) is 0 Å². The maximum Gasteiger partial charge on any atom is 0.120 e. The molecule has 0 radical (unpaired) electrons. The molecule has 3 rings (SSSR count). The molecule has 2 fully saturated rings. The summed E-state index contributed by atoms with van der Waals surface area (Å²) in [5, 5.41) is 0. The first kappa shape index (κ1) is 13.7. The van der Waals surface area contributed by atoms with Crippen LogP contribution >= 0.6 is 0 Å². The first-order valence-electron chi connectivity index (χ1n) is 7.89. The lowest BCUT2D eigenvalue weighted by atomic mass is 10.1. The lowest BCUT2D eigenvalue weighted by Gasteiger charge is -2.39. The quantitative estimate of drug-likeness (QED) is 0.842. The minimum absolute atomic E-state index is 0.845. The lowest BCUT2D eigenvalue weighted by Crippen LogP contribution is -2.49. The Kier molecular flexibility index (Phi) is 4.16. The topological polar surface area (TPSA) is 15.7 Å². The highest BCUT2D eigenvalue weighted by Gasteiger charge is 2.29. The van der Waals surface area contributed by atoms with Crippen molar-refractivity contribution in [2.75, 3.05) is 38.2 Å². The molecule has 20 heavy (non-hydrogen) atoms. The monoisotopic (exact) mass is 274 g/mol. The number of ether oxygens (including phenoxy) is 1. The largest absolute Gasteiger partial charge is 0.497 e. The van der Waals surface area contributed by atoms with Gasteiger partial charge in [0.05, 0.1) is 7.11 Å². The minimum atomic E-state index is 0.845. The molecule has 110 valence electrons. The summed E-state index contributed by atoms with van der Waals surface area (Å²) in [6.07, 6.45) is 4.22. The molecule has 1 aromatic carbocycles. The second kappa shape index (κ2) is 6.04. The highest BCUT2D eigenvalue weighted by atomic mass is 16.5. The molecular formula is C17H26N2O. The van der Waals surface area contributed by atoms with Crippen LogP contribution in [0.3, 0.4) is 0 Å². The van der Waals surface area contributed by atoms with E-state index in [9.17, 15) is 0 Å². The molecule has 0 N–H and O–H groups in total. The molecule has 1 aliphatic heterocycles. The van der Waals surface area contributed by atoms with E-state index in [2.05, 4.69) is 34.9 Å². The van der Waals surface area contributed by atoms with Gasteiger partial charge in [0, 0.05) is 44.0 Å². The Morgan fingerprint density at radius 1 is 1.10 bits per heavy atom. The molecule has 1 saturated carbocycles. The number of piperazine rings is 1. The van der Waals surface area contributed by atoms with Gasteiger partial charge in [-0.05, 0) is 37.3 Å². The zero-order valence-electron chi connectivity index (χ0n) is 12.7. The van der Waals surface area contributed by atoms with Crippen molar-refractivity contribution in [1.29, 1.82) is 0 Å². The van der Waals surface area contributed by atoms with Crippen molar-refractivity contribution in [2.45, 2.75) is 32.2 Å². The second-order valence-electron chi connectivity index (χ2n) is 6.30. The van der Waals surface area contributed by atoms with E-state index in [-0.39, 0.29) is 0 Å². The van der Waals surface area contributed by atoms with E-state index in [4.69, 9.17) is 4.74 Å². The van der Waals surface area contributed by atoms with Crippen molar-refractivity contribution >= 4 is 5.69 Å². The molecule has 1 aromatic rings. The summed E-state index contributed by atoms with van der Waals surface area (Å²) >= 11 is 0. The number of anilines is 1. The minimum Gasteiger partial charge on any atom is -0.497 e. The highest BCUT2D eigenvalue weighted by molar-refractivity contribution is 5.51. The normalized spacial score (nSPS) is 27.8. The number of benzene rings is 1. The van der Waals surface area contributed by atoms with Gasteiger partial charge in [-0.3, -0.25) is 4.90 Å². The summed E-state index contributed by atoms with van der Waals surface area (Å²) in [5.41, 5.74) is 1.30. The van der Waals surface area contributed by atoms with Gasteiger partial charge in [0.15, 0.2) is 0 Å². The smallest absolute Gasteiger partial charge is 0.120 e. The zero-order chi connectivity index (χ0) is 13.9. The van der Waals surface area contributed by atoms with Crippen molar-refractivity contribution in [2.24, 2.45) is 5.92 Å². The number of nitrogens with zero attached hydrogens (tertiary/aromatic N) is 2. The van der Waals surface area contributed by atoms with Crippen LogP contribution < -0.4 is 9.64 Å². The van der Waals surface area contributed by atoms with Crippen LogP contribution in [-0.2, 0) is 0 Å². The van der Waals surface area contributed by atoms with Crippen molar-refractivity contribution < 1.29 is 4.74 Å². The van der Waals surface area contributed by atoms with E-state index < -0.39 is 0 Å². The Bertz CT molecular complexity index is 440. The third-order valence-corrected chi connectivity index (χ3v) is 4.92. The van der Waals surface area contributed by atoms with Crippen LogP contribution in [0.4, 0.5) is 5.69 Å². The molecule has 2 aliphatic rings. The number of hydrogen-bond donors (Lipinski definition) is 0. The van der Waals surface area contributed by atoms with Gasteiger partial charge in [0.25, 0.3) is 0 Å². The van der Waals surface area contributed by atoms with Crippen molar-refractivity contribution in [3.8, 4) is 5.75 Å². The van der Waals surface area contributed by atoms with Crippen LogP contribution in [0.15, 0.2) is 24.3 Å². The molecule has 2 atom stereocenters. The van der Waals surface area contributed by atoms with Crippen LogP contribution in [0, 0.1) is 5.92 Å². The van der Waals surface area contributed by atoms with Gasteiger partial charge in [-0.25, -0.2) is 0 Å². The van der Waals surface area contributed by atoms with Gasteiger partial charge in [0.1, 0.15) is 5.75 Å². The third-order valence-electron chi connectivity index (χ3n) is 4.92. The summed E-state index contributed by atoms with van der Waals surface area (Å²) in [5.74, 6) is 1.88. The molecule has 0 amide bonds. The van der Waals surface area contributed by atoms with Gasteiger partial charge >= 0.3 is 0 Å². The van der Waals surface area contributed by atoms with Gasteiger partial charge in [0.2, 0.25) is 0 Å². The fourth-order valence-electron chi connectivity index (χ4n) is 3.66. The number of methoxy groups -OCH3 is 1. The Morgan fingerprint density at radius 2 is 1.90 bits per heavy atom. The Balaban J connectivity index is 1.58. The predicted molar refractivity (Wildman–Crippen MR) is 83.6 cm³/mol. The molecule has 1 aliphatic carbocycles. The Hall–Kier alpha value is -1.22. The molecule has 0 spiro atoms. The SMILES string of the molecule is COc1cccc(N2CCN(C3CCC(C)C3)CC2)c1. The standard InChI is InChI=1S/C17H26N2O/c1-14-6-7-16(12-14)19-10-8-18(9-11-19)15-4-3-5-17(13-15)20-2/h3-5,13-14,16H,6-12H2,1-2H3. The van der Waals surface area contributed by atoms with Gasteiger partial charge in [-0.15, -0.1) is 0 Å². The van der Waals surface area contributed by atoms with E-state index in [0.717, 1.165) is 30.8 Å². The van der Waals surface area contributed by atoms with Crippen LogP contribution in [0.1, 0.15) is 26.2 Å². The van der Waals surface area contributed by atoms with Crippen molar-refractivity contribution in [3.63, 3.8) is 0 Å². The van der Waals surface area contributed by atoms with Gasteiger partial charge in [-0.2, -0.15) is 0 Å². The van der Waals surface area contributed by atoms with E-state index in [1.807, 2.05) is 6.07 Å².